The molecule has 2 saturated heterocycles. The average Bonchev–Trinajstić information content (AvgIpc) is 2.98. The first-order valence-electron chi connectivity index (χ1n) is 9.24. The Labute approximate surface area is 153 Å². The molecule has 0 radical (unpaired) electrons. The van der Waals surface area contributed by atoms with Gasteiger partial charge in [0.1, 0.15) is 5.60 Å². The number of piperidine rings is 1. The maximum atomic E-state index is 12.7. The third kappa shape index (κ3) is 2.68. The largest absolute Gasteiger partial charge is 0.444 e. The van der Waals surface area contributed by atoms with Gasteiger partial charge in [0.2, 0.25) is 0 Å². The summed E-state index contributed by atoms with van der Waals surface area (Å²) in [5.74, 6) is -0.415. The Bertz CT molecular complexity index is 733. The van der Waals surface area contributed by atoms with Gasteiger partial charge in [-0.3, -0.25) is 14.5 Å². The molecule has 138 valence electrons. The van der Waals surface area contributed by atoms with Crippen LogP contribution in [0.5, 0.6) is 0 Å². The van der Waals surface area contributed by atoms with Crippen molar-refractivity contribution in [3.8, 4) is 0 Å². The number of imide groups is 1. The Morgan fingerprint density at radius 1 is 0.962 bits per heavy atom. The van der Waals surface area contributed by atoms with E-state index in [2.05, 4.69) is 0 Å². The molecule has 1 unspecified atom stereocenters. The smallest absolute Gasteiger partial charge is 0.410 e. The molecular formula is C20H24N2O4. The van der Waals surface area contributed by atoms with Crippen molar-refractivity contribution in [3.05, 3.63) is 35.4 Å². The van der Waals surface area contributed by atoms with Crippen molar-refractivity contribution in [1.82, 2.24) is 9.80 Å². The second-order valence-corrected chi connectivity index (χ2v) is 8.42. The van der Waals surface area contributed by atoms with Crippen molar-refractivity contribution in [3.63, 3.8) is 0 Å². The molecule has 3 atom stereocenters. The number of carbonyl (C=O) groups excluding carboxylic acids is 3. The fourth-order valence-electron chi connectivity index (χ4n) is 4.51. The van der Waals surface area contributed by atoms with Crippen LogP contribution in [0.15, 0.2) is 24.3 Å². The Hall–Kier alpha value is -2.37. The van der Waals surface area contributed by atoms with E-state index in [1.165, 1.54) is 4.90 Å². The van der Waals surface area contributed by atoms with Crippen LogP contribution in [-0.2, 0) is 4.74 Å². The van der Waals surface area contributed by atoms with E-state index in [0.717, 1.165) is 12.8 Å². The fraction of sp³-hybridized carbons (Fsp3) is 0.550. The normalized spacial score (nSPS) is 27.7. The second-order valence-electron chi connectivity index (χ2n) is 8.42. The molecule has 0 N–H and O–H groups in total. The van der Waals surface area contributed by atoms with Crippen molar-refractivity contribution in [2.45, 2.75) is 70.2 Å². The maximum Gasteiger partial charge on any atom is 0.410 e. The highest BCUT2D eigenvalue weighted by Crippen LogP contribution is 2.40. The second kappa shape index (κ2) is 5.83. The number of ether oxygens (including phenoxy) is 1. The van der Waals surface area contributed by atoms with E-state index < -0.39 is 5.60 Å². The van der Waals surface area contributed by atoms with Gasteiger partial charge >= 0.3 is 6.09 Å². The average molecular weight is 356 g/mol. The first-order chi connectivity index (χ1) is 12.3. The summed E-state index contributed by atoms with van der Waals surface area (Å²) >= 11 is 0. The minimum Gasteiger partial charge on any atom is -0.444 e. The molecule has 26 heavy (non-hydrogen) atoms. The van der Waals surface area contributed by atoms with Crippen LogP contribution in [-0.4, -0.2) is 51.4 Å². The van der Waals surface area contributed by atoms with E-state index in [1.54, 1.807) is 24.3 Å². The molecule has 6 nitrogen and oxygen atoms in total. The first kappa shape index (κ1) is 17.1. The van der Waals surface area contributed by atoms with Gasteiger partial charge in [0, 0.05) is 18.1 Å². The van der Waals surface area contributed by atoms with Crippen LogP contribution in [0.25, 0.3) is 0 Å². The molecule has 2 fully saturated rings. The van der Waals surface area contributed by atoms with Gasteiger partial charge in [-0.1, -0.05) is 12.1 Å². The van der Waals surface area contributed by atoms with Crippen molar-refractivity contribution >= 4 is 17.9 Å². The van der Waals surface area contributed by atoms with Crippen molar-refractivity contribution in [1.29, 1.82) is 0 Å². The molecule has 3 aliphatic heterocycles. The summed E-state index contributed by atoms with van der Waals surface area (Å²) in [5.41, 5.74) is 0.439. The molecule has 0 aromatic heterocycles. The predicted molar refractivity (Wildman–Crippen MR) is 94.8 cm³/mol. The summed E-state index contributed by atoms with van der Waals surface area (Å²) in [6.45, 7) is 5.58. The number of fused-ring (bicyclic) bond motifs is 3. The van der Waals surface area contributed by atoms with Gasteiger partial charge in [0.05, 0.1) is 11.1 Å². The standard InChI is InChI=1S/C20H24N2O4/c1-20(2,3)26-19(25)21-12-8-9-13(21)11-14(10-12)22-17(23)15-6-4-5-7-16(15)18(22)24/h4-7,12-14H,8-11H2,1-3H3/t12-,13+,14?. The molecular weight excluding hydrogens is 332 g/mol. The van der Waals surface area contributed by atoms with Crippen molar-refractivity contribution in [2.24, 2.45) is 0 Å². The molecule has 2 bridgehead atoms. The number of amides is 3. The van der Waals surface area contributed by atoms with Gasteiger partial charge in [-0.25, -0.2) is 4.79 Å². The highest BCUT2D eigenvalue weighted by Gasteiger charge is 2.49. The Morgan fingerprint density at radius 2 is 1.46 bits per heavy atom. The van der Waals surface area contributed by atoms with Gasteiger partial charge in [-0.05, 0) is 58.6 Å². The number of benzene rings is 1. The summed E-state index contributed by atoms with van der Waals surface area (Å²) in [5, 5.41) is 0. The topological polar surface area (TPSA) is 66.9 Å². The van der Waals surface area contributed by atoms with E-state index in [9.17, 15) is 14.4 Å². The third-order valence-corrected chi connectivity index (χ3v) is 5.50. The van der Waals surface area contributed by atoms with Crippen LogP contribution < -0.4 is 0 Å². The van der Waals surface area contributed by atoms with Gasteiger partial charge in [0.25, 0.3) is 11.8 Å². The lowest BCUT2D eigenvalue weighted by Gasteiger charge is -2.41. The number of rotatable bonds is 1. The fourth-order valence-corrected chi connectivity index (χ4v) is 4.51. The molecule has 0 spiro atoms. The van der Waals surface area contributed by atoms with Crippen LogP contribution in [0.2, 0.25) is 0 Å². The lowest BCUT2D eigenvalue weighted by Crippen LogP contribution is -2.54. The molecule has 4 rings (SSSR count). The summed E-state index contributed by atoms with van der Waals surface area (Å²) in [7, 11) is 0. The Kier molecular flexibility index (Phi) is 3.82. The zero-order valence-corrected chi connectivity index (χ0v) is 15.4. The summed E-state index contributed by atoms with van der Waals surface area (Å²) in [6.07, 6.45) is 2.75. The highest BCUT2D eigenvalue weighted by atomic mass is 16.6. The van der Waals surface area contributed by atoms with Crippen LogP contribution in [0, 0.1) is 0 Å². The zero-order valence-electron chi connectivity index (χ0n) is 15.4. The number of nitrogens with zero attached hydrogens (tertiary/aromatic N) is 2. The minimum atomic E-state index is -0.532. The summed E-state index contributed by atoms with van der Waals surface area (Å²) < 4.78 is 5.55. The number of carbonyl (C=O) groups is 3. The van der Waals surface area contributed by atoms with Gasteiger partial charge in [-0.2, -0.15) is 0 Å². The van der Waals surface area contributed by atoms with Gasteiger partial charge in [0.15, 0.2) is 0 Å². The van der Waals surface area contributed by atoms with Crippen LogP contribution >= 0.6 is 0 Å². The Balaban J connectivity index is 1.53. The molecule has 3 amide bonds. The molecule has 0 saturated carbocycles. The maximum absolute atomic E-state index is 12.7. The van der Waals surface area contributed by atoms with E-state index in [1.807, 2.05) is 25.7 Å². The summed E-state index contributed by atoms with van der Waals surface area (Å²) in [6, 6.07) is 6.87. The van der Waals surface area contributed by atoms with Crippen LogP contribution in [0.1, 0.15) is 67.2 Å². The van der Waals surface area contributed by atoms with Gasteiger partial charge < -0.3 is 9.64 Å². The molecule has 1 aromatic rings. The Morgan fingerprint density at radius 3 is 1.92 bits per heavy atom. The molecule has 1 aromatic carbocycles. The molecule has 6 heteroatoms. The van der Waals surface area contributed by atoms with Crippen LogP contribution in [0.4, 0.5) is 4.79 Å². The van der Waals surface area contributed by atoms with Crippen LogP contribution in [0.3, 0.4) is 0 Å². The number of hydrogen-bond donors (Lipinski definition) is 0. The summed E-state index contributed by atoms with van der Waals surface area (Å²) in [4.78, 5) is 41.3. The molecule has 3 aliphatic rings. The zero-order chi connectivity index (χ0) is 18.6. The third-order valence-electron chi connectivity index (χ3n) is 5.50. The number of hydrogen-bond acceptors (Lipinski definition) is 4. The van der Waals surface area contributed by atoms with Crippen molar-refractivity contribution < 1.29 is 19.1 Å². The van der Waals surface area contributed by atoms with Crippen molar-refractivity contribution in [2.75, 3.05) is 0 Å². The first-order valence-corrected chi connectivity index (χ1v) is 9.24. The predicted octanol–water partition coefficient (Wildman–Crippen LogP) is 3.21. The monoisotopic (exact) mass is 356 g/mol. The quantitative estimate of drug-likeness (QED) is 0.725. The molecule has 0 aliphatic carbocycles. The van der Waals surface area contributed by atoms with E-state index >= 15 is 0 Å². The minimum absolute atomic E-state index is 0.0258. The molecule has 3 heterocycles. The lowest BCUT2D eigenvalue weighted by atomic mass is 9.96. The SMILES string of the molecule is CC(C)(C)OC(=O)N1[C@@H]2CC[C@H]1CC(N1C(=O)c3ccccc3C1=O)C2. The van der Waals surface area contributed by atoms with E-state index in [4.69, 9.17) is 4.74 Å². The lowest BCUT2D eigenvalue weighted by molar-refractivity contribution is -0.00109. The highest BCUT2D eigenvalue weighted by molar-refractivity contribution is 6.21. The van der Waals surface area contributed by atoms with E-state index in [0.29, 0.717) is 24.0 Å². The van der Waals surface area contributed by atoms with Gasteiger partial charge in [-0.15, -0.1) is 0 Å². The van der Waals surface area contributed by atoms with E-state index in [-0.39, 0.29) is 36.0 Å².